The van der Waals surface area contributed by atoms with Crippen molar-refractivity contribution < 1.29 is 9.47 Å². The highest BCUT2D eigenvalue weighted by Gasteiger charge is 2.06. The zero-order valence-corrected chi connectivity index (χ0v) is 18.2. The molecule has 0 amide bonds. The molecule has 1 aromatic carbocycles. The number of rotatable bonds is 14. The van der Waals surface area contributed by atoms with Crippen LogP contribution in [0.1, 0.15) is 70.1 Å². The number of anilines is 1. The van der Waals surface area contributed by atoms with Crippen LogP contribution in [0.15, 0.2) is 28.7 Å². The molecule has 0 unspecified atom stereocenters. The lowest BCUT2D eigenvalue weighted by Crippen LogP contribution is -2.02. The largest absolute Gasteiger partial charge is 0.490 e. The van der Waals surface area contributed by atoms with Crippen molar-refractivity contribution in [2.45, 2.75) is 65.7 Å². The third-order valence-electron chi connectivity index (χ3n) is 4.27. The lowest BCUT2D eigenvalue weighted by atomic mass is 10.1. The fourth-order valence-electron chi connectivity index (χ4n) is 2.80. The molecule has 0 atom stereocenters. The molecule has 0 aliphatic carbocycles. The maximum absolute atomic E-state index is 5.96. The van der Waals surface area contributed by atoms with Gasteiger partial charge in [0.05, 0.1) is 25.1 Å². The van der Waals surface area contributed by atoms with Gasteiger partial charge >= 0.3 is 0 Å². The molecule has 154 valence electrons. The topological polar surface area (TPSA) is 55.7 Å². The lowest BCUT2D eigenvalue weighted by Gasteiger charge is -2.12. The summed E-state index contributed by atoms with van der Waals surface area (Å²) in [5.74, 6) is 1.56. The molecule has 0 aliphatic rings. The first kappa shape index (κ1) is 22.2. The van der Waals surface area contributed by atoms with Crippen LogP contribution in [0.25, 0.3) is 0 Å². The second kappa shape index (κ2) is 13.2. The maximum Gasteiger partial charge on any atom is 0.203 e. The Morgan fingerprint density at radius 1 is 1.04 bits per heavy atom. The number of benzene rings is 1. The van der Waals surface area contributed by atoms with Gasteiger partial charge in [-0.15, -0.1) is 11.3 Å². The van der Waals surface area contributed by atoms with E-state index in [1.807, 2.05) is 37.4 Å². The van der Waals surface area contributed by atoms with E-state index in [0.29, 0.717) is 6.61 Å². The second-order valence-electron chi connectivity index (χ2n) is 6.77. The van der Waals surface area contributed by atoms with E-state index in [1.54, 1.807) is 6.21 Å². The third-order valence-corrected chi connectivity index (χ3v) is 5.13. The minimum Gasteiger partial charge on any atom is -0.490 e. The van der Waals surface area contributed by atoms with Crippen LogP contribution in [0, 0.1) is 6.92 Å². The molecule has 28 heavy (non-hydrogen) atoms. The zero-order valence-electron chi connectivity index (χ0n) is 17.4. The van der Waals surface area contributed by atoms with E-state index < -0.39 is 0 Å². The number of hydrogen-bond acceptors (Lipinski definition) is 6. The molecule has 1 aromatic heterocycles. The van der Waals surface area contributed by atoms with Crippen molar-refractivity contribution in [3.05, 3.63) is 34.8 Å². The molecule has 0 saturated carbocycles. The highest BCUT2D eigenvalue weighted by molar-refractivity contribution is 7.13. The van der Waals surface area contributed by atoms with Gasteiger partial charge in [0.15, 0.2) is 11.5 Å². The van der Waals surface area contributed by atoms with Crippen LogP contribution in [0.3, 0.4) is 0 Å². The standard InChI is InChI=1S/C22H33N3O2S/c1-4-6-7-8-9-10-11-14-27-20-13-12-19(15-21(20)26-5-2)16-23-25-22-24-18(3)17-28-22/h12-13,15-17H,4-11,14H2,1-3H3,(H,24,25)/b23-16-. The van der Waals surface area contributed by atoms with Gasteiger partial charge in [0.25, 0.3) is 0 Å². The summed E-state index contributed by atoms with van der Waals surface area (Å²) in [6.45, 7) is 7.52. The van der Waals surface area contributed by atoms with Crippen molar-refractivity contribution in [2.24, 2.45) is 5.10 Å². The Kier molecular flexibility index (Phi) is 10.4. The van der Waals surface area contributed by atoms with Crippen LogP contribution in [0.4, 0.5) is 5.13 Å². The van der Waals surface area contributed by atoms with E-state index in [4.69, 9.17) is 9.47 Å². The predicted molar refractivity (Wildman–Crippen MR) is 119 cm³/mol. The summed E-state index contributed by atoms with van der Waals surface area (Å²) in [6.07, 6.45) is 10.7. The molecule has 0 bridgehead atoms. The molecule has 0 aliphatic heterocycles. The van der Waals surface area contributed by atoms with E-state index in [9.17, 15) is 0 Å². The Balaban J connectivity index is 1.80. The molecule has 1 heterocycles. The maximum atomic E-state index is 5.96. The van der Waals surface area contributed by atoms with E-state index in [1.165, 1.54) is 49.9 Å². The molecule has 0 fully saturated rings. The minimum atomic E-state index is 0.602. The summed E-state index contributed by atoms with van der Waals surface area (Å²) in [5.41, 5.74) is 4.89. The summed E-state index contributed by atoms with van der Waals surface area (Å²) < 4.78 is 11.7. The van der Waals surface area contributed by atoms with Crippen molar-refractivity contribution in [2.75, 3.05) is 18.6 Å². The normalized spacial score (nSPS) is 11.1. The van der Waals surface area contributed by atoms with Crippen molar-refractivity contribution in [3.8, 4) is 11.5 Å². The molecule has 0 saturated heterocycles. The van der Waals surface area contributed by atoms with Crippen molar-refractivity contribution in [1.29, 1.82) is 0 Å². The van der Waals surface area contributed by atoms with Gasteiger partial charge in [-0.3, -0.25) is 5.43 Å². The summed E-state index contributed by atoms with van der Waals surface area (Å²) in [5, 5.41) is 7.02. The van der Waals surface area contributed by atoms with Crippen molar-refractivity contribution >= 4 is 22.7 Å². The van der Waals surface area contributed by atoms with E-state index >= 15 is 0 Å². The lowest BCUT2D eigenvalue weighted by molar-refractivity contribution is 0.270. The Bertz CT molecular complexity index is 716. The first-order valence-electron chi connectivity index (χ1n) is 10.3. The number of thiazole rings is 1. The second-order valence-corrected chi connectivity index (χ2v) is 7.63. The van der Waals surface area contributed by atoms with Gasteiger partial charge in [0.1, 0.15) is 0 Å². The molecular weight excluding hydrogens is 370 g/mol. The average Bonchev–Trinajstić information content (AvgIpc) is 3.10. The van der Waals surface area contributed by atoms with Gasteiger partial charge in [-0.25, -0.2) is 4.98 Å². The van der Waals surface area contributed by atoms with E-state index in [0.717, 1.165) is 40.9 Å². The van der Waals surface area contributed by atoms with Crippen LogP contribution in [-0.4, -0.2) is 24.4 Å². The Morgan fingerprint density at radius 3 is 2.54 bits per heavy atom. The molecule has 1 N–H and O–H groups in total. The van der Waals surface area contributed by atoms with Crippen LogP contribution < -0.4 is 14.9 Å². The Morgan fingerprint density at radius 2 is 1.82 bits per heavy atom. The van der Waals surface area contributed by atoms with Crippen LogP contribution in [0.2, 0.25) is 0 Å². The highest BCUT2D eigenvalue weighted by atomic mass is 32.1. The Labute approximate surface area is 173 Å². The van der Waals surface area contributed by atoms with Crippen molar-refractivity contribution in [1.82, 2.24) is 4.98 Å². The summed E-state index contributed by atoms with van der Waals surface area (Å²) in [6, 6.07) is 5.91. The van der Waals surface area contributed by atoms with Gasteiger partial charge in [-0.05, 0) is 44.0 Å². The fourth-order valence-corrected chi connectivity index (χ4v) is 3.44. The number of nitrogens with zero attached hydrogens (tertiary/aromatic N) is 2. The molecule has 0 radical (unpaired) electrons. The van der Waals surface area contributed by atoms with Crippen LogP contribution >= 0.6 is 11.3 Å². The fraction of sp³-hybridized carbons (Fsp3) is 0.545. The molecule has 0 spiro atoms. The average molecular weight is 404 g/mol. The summed E-state index contributed by atoms with van der Waals surface area (Å²) in [7, 11) is 0. The van der Waals surface area contributed by atoms with Gasteiger partial charge < -0.3 is 9.47 Å². The van der Waals surface area contributed by atoms with Crippen LogP contribution in [0.5, 0.6) is 11.5 Å². The van der Waals surface area contributed by atoms with Crippen molar-refractivity contribution in [3.63, 3.8) is 0 Å². The third kappa shape index (κ3) is 8.30. The molecular formula is C22H33N3O2S. The van der Waals surface area contributed by atoms with Gasteiger partial charge in [-0.1, -0.05) is 45.4 Å². The number of hydrogen-bond donors (Lipinski definition) is 1. The summed E-state index contributed by atoms with van der Waals surface area (Å²) >= 11 is 1.54. The number of unbranched alkanes of at least 4 members (excludes halogenated alkanes) is 6. The van der Waals surface area contributed by atoms with Gasteiger partial charge in [-0.2, -0.15) is 5.10 Å². The predicted octanol–water partition coefficient (Wildman–Crippen LogP) is 6.43. The first-order chi connectivity index (χ1) is 13.7. The smallest absolute Gasteiger partial charge is 0.203 e. The minimum absolute atomic E-state index is 0.602. The molecule has 6 heteroatoms. The SMILES string of the molecule is CCCCCCCCCOc1ccc(/C=N\Nc2nc(C)cs2)cc1OCC. The van der Waals surface area contributed by atoms with Gasteiger partial charge in [0.2, 0.25) is 5.13 Å². The van der Waals surface area contributed by atoms with E-state index in [2.05, 4.69) is 22.4 Å². The zero-order chi connectivity index (χ0) is 20.0. The Hall–Kier alpha value is -2.08. The first-order valence-corrected chi connectivity index (χ1v) is 11.2. The number of ether oxygens (including phenoxy) is 2. The number of hydrazone groups is 1. The van der Waals surface area contributed by atoms with Crippen LogP contribution in [-0.2, 0) is 0 Å². The highest BCUT2D eigenvalue weighted by Crippen LogP contribution is 2.28. The quantitative estimate of drug-likeness (QED) is 0.224. The molecule has 2 rings (SSSR count). The summed E-state index contributed by atoms with van der Waals surface area (Å²) in [4.78, 5) is 4.32. The number of aromatic nitrogens is 1. The van der Waals surface area contributed by atoms with Gasteiger partial charge in [0, 0.05) is 5.38 Å². The number of nitrogens with one attached hydrogen (secondary N) is 1. The molecule has 2 aromatic rings. The number of aryl methyl sites for hydroxylation is 1. The monoisotopic (exact) mass is 403 g/mol. The molecule has 5 nitrogen and oxygen atoms in total. The van der Waals surface area contributed by atoms with E-state index in [-0.39, 0.29) is 0 Å².